The Kier molecular flexibility index (Phi) is 6.31. The van der Waals surface area contributed by atoms with Crippen LogP contribution in [-0.4, -0.2) is 17.2 Å². The van der Waals surface area contributed by atoms with Crippen LogP contribution in [0.2, 0.25) is 0 Å². The van der Waals surface area contributed by atoms with Gasteiger partial charge in [-0.05, 0) is 0 Å². The van der Waals surface area contributed by atoms with E-state index in [9.17, 15) is 9.90 Å². The molecule has 3 heteroatoms. The molecule has 0 aromatic heterocycles. The van der Waals surface area contributed by atoms with Gasteiger partial charge in [0.1, 0.15) is 0 Å². The molecule has 0 spiro atoms. The van der Waals surface area contributed by atoms with Crippen molar-refractivity contribution in [1.29, 1.82) is 0 Å². The Bertz CT molecular complexity index is 793. The molecule has 0 aliphatic rings. The second-order valence-electron chi connectivity index (χ2n) is 8.05. The number of aliphatic carboxylic acids is 1. The van der Waals surface area contributed by atoms with E-state index in [0.29, 0.717) is 6.42 Å². The van der Waals surface area contributed by atoms with E-state index in [1.54, 1.807) is 0 Å². The molecule has 0 saturated heterocycles. The Hall–Kier alpha value is -2.44. The maximum absolute atomic E-state index is 11.6. The van der Waals surface area contributed by atoms with Gasteiger partial charge in [0.2, 0.25) is 0 Å². The second kappa shape index (κ2) is 8.71. The predicted octanol–water partition coefficient (Wildman–Crippen LogP) is 4.60. The molecule has 146 valence electrons. The van der Waals surface area contributed by atoms with E-state index in [0.717, 1.165) is 12.6 Å². The van der Waals surface area contributed by atoms with E-state index in [2.05, 4.69) is 91.0 Å². The van der Waals surface area contributed by atoms with Crippen LogP contribution >= 0.6 is 7.26 Å². The van der Waals surface area contributed by atoms with Crippen molar-refractivity contribution in [2.75, 3.05) is 6.16 Å². The monoisotopic (exact) mass is 392 g/mol. The van der Waals surface area contributed by atoms with Gasteiger partial charge < -0.3 is 0 Å². The van der Waals surface area contributed by atoms with E-state index in [4.69, 9.17) is 0 Å². The first-order valence-electron chi connectivity index (χ1n) is 9.87. The summed E-state index contributed by atoms with van der Waals surface area (Å²) in [6.45, 7) is 3.65. The average Bonchev–Trinajstić information content (AvgIpc) is 2.73. The molecular weight excluding hydrogens is 363 g/mol. The molecule has 3 aromatic carbocycles. The van der Waals surface area contributed by atoms with Crippen molar-refractivity contribution in [3.05, 3.63) is 91.0 Å². The van der Waals surface area contributed by atoms with E-state index in [1.807, 2.05) is 13.8 Å². The summed E-state index contributed by atoms with van der Waals surface area (Å²) in [5, 5.41) is 13.7. The summed E-state index contributed by atoms with van der Waals surface area (Å²) in [6, 6.07) is 32.3. The van der Waals surface area contributed by atoms with Crippen molar-refractivity contribution in [1.82, 2.24) is 0 Å². The summed E-state index contributed by atoms with van der Waals surface area (Å²) in [6.07, 6.45) is 2.54. The van der Waals surface area contributed by atoms with Crippen molar-refractivity contribution in [3.8, 4) is 0 Å². The number of carboxylic acid groups (broad SMARTS) is 1. The third-order valence-electron chi connectivity index (χ3n) is 5.73. The van der Waals surface area contributed by atoms with Crippen molar-refractivity contribution in [3.63, 3.8) is 0 Å². The molecule has 0 amide bonds. The van der Waals surface area contributed by atoms with Crippen molar-refractivity contribution in [2.45, 2.75) is 26.7 Å². The van der Waals surface area contributed by atoms with E-state index < -0.39 is 18.6 Å². The van der Waals surface area contributed by atoms with Crippen LogP contribution in [-0.2, 0) is 4.79 Å². The van der Waals surface area contributed by atoms with Gasteiger partial charge in [0, 0.05) is 0 Å². The van der Waals surface area contributed by atoms with Gasteiger partial charge >= 0.3 is 168 Å². The molecular formula is C25H29O2P. The van der Waals surface area contributed by atoms with Gasteiger partial charge in [0.05, 0.1) is 0 Å². The van der Waals surface area contributed by atoms with Crippen LogP contribution in [0.15, 0.2) is 91.0 Å². The van der Waals surface area contributed by atoms with Crippen molar-refractivity contribution in [2.24, 2.45) is 5.41 Å². The molecule has 28 heavy (non-hydrogen) atoms. The Balaban J connectivity index is 2.10. The first-order valence-corrected chi connectivity index (χ1v) is 12.1. The number of hydrogen-bond donors (Lipinski definition) is 1. The Morgan fingerprint density at radius 2 is 1.11 bits per heavy atom. The van der Waals surface area contributed by atoms with Crippen LogP contribution in [0.25, 0.3) is 0 Å². The van der Waals surface area contributed by atoms with Crippen LogP contribution in [0.3, 0.4) is 0 Å². The normalized spacial score (nSPS) is 12.5. The summed E-state index contributed by atoms with van der Waals surface area (Å²) < 4.78 is 0. The molecule has 3 aromatic rings. The Morgan fingerprint density at radius 1 is 0.750 bits per heavy atom. The zero-order chi connectivity index (χ0) is 20.0. The Morgan fingerprint density at radius 3 is 1.43 bits per heavy atom. The number of hydrogen-bond acceptors (Lipinski definition) is 1. The fourth-order valence-corrected chi connectivity index (χ4v) is 8.86. The first kappa shape index (κ1) is 20.3. The molecule has 0 bridgehead atoms. The van der Waals surface area contributed by atoms with Crippen LogP contribution in [0.1, 0.15) is 26.7 Å². The van der Waals surface area contributed by atoms with Gasteiger partial charge in [-0.25, -0.2) is 0 Å². The van der Waals surface area contributed by atoms with Crippen LogP contribution in [0.5, 0.6) is 0 Å². The summed E-state index contributed by atoms with van der Waals surface area (Å²) in [4.78, 5) is 11.6. The Labute approximate surface area is 168 Å². The maximum atomic E-state index is 11.6. The number of carboxylic acids is 1. The second-order valence-corrected chi connectivity index (χ2v) is 12.1. The third-order valence-corrected chi connectivity index (χ3v) is 10.8. The van der Waals surface area contributed by atoms with Gasteiger partial charge in [-0.1, -0.05) is 0 Å². The van der Waals surface area contributed by atoms with Gasteiger partial charge in [0.25, 0.3) is 0 Å². The van der Waals surface area contributed by atoms with Gasteiger partial charge in [-0.15, -0.1) is 0 Å². The summed E-state index contributed by atoms with van der Waals surface area (Å²) in [7, 11) is -2.25. The number of carbonyl (C=O) groups is 1. The van der Waals surface area contributed by atoms with Gasteiger partial charge in [-0.3, -0.25) is 0 Å². The van der Waals surface area contributed by atoms with E-state index >= 15 is 0 Å². The molecule has 0 saturated carbocycles. The molecule has 2 nitrogen and oxygen atoms in total. The molecule has 0 fully saturated rings. The third kappa shape index (κ3) is 4.18. The molecule has 0 aliphatic heterocycles. The molecule has 3 rings (SSSR count). The molecule has 0 radical (unpaired) electrons. The van der Waals surface area contributed by atoms with Crippen molar-refractivity contribution < 1.29 is 9.90 Å². The fourth-order valence-electron chi connectivity index (χ4n) is 4.00. The van der Waals surface area contributed by atoms with E-state index in [-0.39, 0.29) is 0 Å². The summed E-state index contributed by atoms with van der Waals surface area (Å²) >= 11 is 0. The van der Waals surface area contributed by atoms with E-state index in [1.165, 1.54) is 15.9 Å². The topological polar surface area (TPSA) is 37.3 Å². The summed E-state index contributed by atoms with van der Waals surface area (Å²) in [5.41, 5.74) is -0.704. The van der Waals surface area contributed by atoms with Crippen molar-refractivity contribution >= 4 is 29.1 Å². The molecule has 0 unspecified atom stereocenters. The standard InChI is InChI=1S/C25H29O2P/c1-25(2,24(26)27)19-12-20-28(21-13-6-3-7-14-21,22-15-8-4-9-16-22)23-17-10-5-11-18-23/h3-11,13-18,28H,12,19-20H2,1-2H3,(H,26,27). The molecule has 0 heterocycles. The fraction of sp³-hybridized carbons (Fsp3) is 0.240. The molecule has 0 atom stereocenters. The quantitative estimate of drug-likeness (QED) is 0.569. The first-order chi connectivity index (χ1) is 13.5. The number of benzene rings is 3. The SMILES string of the molecule is CC(C)(CCC[PH](c1ccccc1)(c1ccccc1)c1ccccc1)C(=O)O. The van der Waals surface area contributed by atoms with Crippen LogP contribution < -0.4 is 15.9 Å². The number of rotatable bonds is 8. The minimum atomic E-state index is -2.25. The van der Waals surface area contributed by atoms with Gasteiger partial charge in [-0.2, -0.15) is 0 Å². The minimum absolute atomic E-state index is 0.670. The zero-order valence-corrected chi connectivity index (χ0v) is 17.6. The zero-order valence-electron chi connectivity index (χ0n) is 16.6. The van der Waals surface area contributed by atoms with Crippen LogP contribution in [0.4, 0.5) is 0 Å². The van der Waals surface area contributed by atoms with Gasteiger partial charge in [0.15, 0.2) is 0 Å². The van der Waals surface area contributed by atoms with Crippen LogP contribution in [0, 0.1) is 5.41 Å². The average molecular weight is 392 g/mol. The summed E-state index contributed by atoms with van der Waals surface area (Å²) in [5.74, 6) is -0.723. The molecule has 0 aliphatic carbocycles. The molecule has 1 N–H and O–H groups in total. The predicted molar refractivity (Wildman–Crippen MR) is 122 cm³/mol.